The van der Waals surface area contributed by atoms with E-state index in [1.807, 2.05) is 6.07 Å². The number of hydrogen-bond acceptors (Lipinski definition) is 5. The van der Waals surface area contributed by atoms with Gasteiger partial charge < -0.3 is 0 Å². The summed E-state index contributed by atoms with van der Waals surface area (Å²) in [4.78, 5) is 0.0115. The molecule has 0 spiro atoms. The highest BCUT2D eigenvalue weighted by molar-refractivity contribution is 7.91. The third kappa shape index (κ3) is 3.56. The molecule has 0 radical (unpaired) electrons. The van der Waals surface area contributed by atoms with Crippen LogP contribution >= 0.6 is 0 Å². The molecular weight excluding hydrogens is 300 g/mol. The van der Waals surface area contributed by atoms with Gasteiger partial charge in [0.05, 0.1) is 28.0 Å². The molecule has 1 aliphatic heterocycles. The van der Waals surface area contributed by atoms with E-state index in [1.165, 1.54) is 24.3 Å². The van der Waals surface area contributed by atoms with Gasteiger partial charge in [0.15, 0.2) is 9.84 Å². The van der Waals surface area contributed by atoms with Crippen LogP contribution in [0.3, 0.4) is 0 Å². The minimum atomic E-state index is -3.71. The van der Waals surface area contributed by atoms with Crippen LogP contribution in [0.5, 0.6) is 0 Å². The van der Waals surface area contributed by atoms with Crippen molar-refractivity contribution in [3.63, 3.8) is 0 Å². The number of nitrogens with one attached hydrogen (secondary N) is 1. The third-order valence-corrected chi connectivity index (χ3v) is 6.42. The molecule has 1 saturated heterocycles. The molecule has 0 aliphatic carbocycles. The fourth-order valence-electron chi connectivity index (χ4n) is 2.08. The predicted molar refractivity (Wildman–Crippen MR) is 73.1 cm³/mol. The summed E-state index contributed by atoms with van der Waals surface area (Å²) in [6.07, 6.45) is 0.475. The monoisotopic (exact) mass is 314 g/mol. The molecule has 8 heteroatoms. The zero-order valence-corrected chi connectivity index (χ0v) is 12.2. The minimum absolute atomic E-state index is 0.0115. The molecule has 6 nitrogen and oxygen atoms in total. The lowest BCUT2D eigenvalue weighted by molar-refractivity contribution is 0.543. The Morgan fingerprint density at radius 3 is 2.75 bits per heavy atom. The molecule has 1 aromatic carbocycles. The number of sulfonamides is 1. The summed E-state index contributed by atoms with van der Waals surface area (Å²) in [6, 6.07) is 7.57. The lowest BCUT2D eigenvalue weighted by Gasteiger charge is -2.10. The fraction of sp³-hybridized carbons (Fsp3) is 0.417. The summed E-state index contributed by atoms with van der Waals surface area (Å²) in [5.41, 5.74) is 0.260. The molecular formula is C12H14N2O4S2. The van der Waals surface area contributed by atoms with E-state index in [9.17, 15) is 16.8 Å². The molecule has 2 rings (SSSR count). The van der Waals surface area contributed by atoms with Crippen LogP contribution in [0.25, 0.3) is 0 Å². The summed E-state index contributed by atoms with van der Waals surface area (Å²) in [6.45, 7) is 0.0956. The predicted octanol–water partition coefficient (Wildman–Crippen LogP) is 0.271. The summed E-state index contributed by atoms with van der Waals surface area (Å²) in [5.74, 6) is -0.0502. The van der Waals surface area contributed by atoms with Gasteiger partial charge in [-0.3, -0.25) is 0 Å². The van der Waals surface area contributed by atoms with Gasteiger partial charge >= 0.3 is 0 Å². The van der Waals surface area contributed by atoms with Crippen molar-refractivity contribution in [3.05, 3.63) is 29.8 Å². The first-order valence-electron chi connectivity index (χ1n) is 6.03. The van der Waals surface area contributed by atoms with Crippen molar-refractivity contribution >= 4 is 19.9 Å². The van der Waals surface area contributed by atoms with Gasteiger partial charge in [0.2, 0.25) is 10.0 Å². The van der Waals surface area contributed by atoms with Gasteiger partial charge in [-0.25, -0.2) is 21.6 Å². The maximum Gasteiger partial charge on any atom is 0.240 e. The zero-order valence-electron chi connectivity index (χ0n) is 10.6. The van der Waals surface area contributed by atoms with E-state index >= 15 is 0 Å². The maximum absolute atomic E-state index is 12.0. The second-order valence-electron chi connectivity index (χ2n) is 4.76. The van der Waals surface area contributed by atoms with E-state index in [0.717, 1.165) is 0 Å². The molecule has 0 bridgehead atoms. The normalized spacial score (nSPS) is 21.4. The topological polar surface area (TPSA) is 104 Å². The average molecular weight is 314 g/mol. The molecule has 1 aliphatic rings. The van der Waals surface area contributed by atoms with E-state index in [-0.39, 0.29) is 34.4 Å². The summed E-state index contributed by atoms with van der Waals surface area (Å²) in [5, 5.41) is 8.76. The van der Waals surface area contributed by atoms with E-state index in [4.69, 9.17) is 5.26 Å². The van der Waals surface area contributed by atoms with Gasteiger partial charge in [-0.15, -0.1) is 0 Å². The highest BCUT2D eigenvalue weighted by atomic mass is 32.2. The Balaban J connectivity index is 2.07. The molecule has 1 N–H and O–H groups in total. The van der Waals surface area contributed by atoms with Crippen LogP contribution in [0.2, 0.25) is 0 Å². The summed E-state index contributed by atoms with van der Waals surface area (Å²) in [7, 11) is -6.73. The van der Waals surface area contributed by atoms with Gasteiger partial charge in [-0.05, 0) is 30.5 Å². The Labute approximate surface area is 118 Å². The van der Waals surface area contributed by atoms with Crippen molar-refractivity contribution < 1.29 is 16.8 Å². The van der Waals surface area contributed by atoms with Crippen molar-refractivity contribution in [3.8, 4) is 6.07 Å². The van der Waals surface area contributed by atoms with Crippen molar-refractivity contribution in [2.45, 2.75) is 11.3 Å². The lowest BCUT2D eigenvalue weighted by atomic mass is 10.1. The van der Waals surface area contributed by atoms with E-state index in [2.05, 4.69) is 4.72 Å². The van der Waals surface area contributed by atoms with Gasteiger partial charge in [0, 0.05) is 6.54 Å². The first-order chi connectivity index (χ1) is 9.32. The van der Waals surface area contributed by atoms with E-state index in [1.54, 1.807) is 0 Å². The molecule has 0 saturated carbocycles. The molecule has 1 atom stereocenters. The first kappa shape index (κ1) is 15.0. The number of rotatable bonds is 4. The molecule has 1 fully saturated rings. The molecule has 20 heavy (non-hydrogen) atoms. The van der Waals surface area contributed by atoms with Crippen molar-refractivity contribution in [1.29, 1.82) is 5.26 Å². The standard InChI is InChI=1S/C12H14N2O4S2/c13-7-10-2-1-3-12(6-10)20(17,18)14-8-11-4-5-19(15,16)9-11/h1-3,6,11,14H,4-5,8-9H2. The number of sulfone groups is 1. The van der Waals surface area contributed by atoms with Gasteiger partial charge in [-0.2, -0.15) is 5.26 Å². The van der Waals surface area contributed by atoms with Crippen LogP contribution in [0, 0.1) is 17.2 Å². The second-order valence-corrected chi connectivity index (χ2v) is 8.76. The molecule has 0 amide bonds. The average Bonchev–Trinajstić information content (AvgIpc) is 2.76. The largest absolute Gasteiger partial charge is 0.240 e. The van der Waals surface area contributed by atoms with Crippen LogP contribution < -0.4 is 4.72 Å². The fourth-order valence-corrected chi connectivity index (χ4v) is 5.10. The molecule has 1 heterocycles. The van der Waals surface area contributed by atoms with Crippen molar-refractivity contribution in [2.75, 3.05) is 18.1 Å². The Morgan fingerprint density at radius 1 is 1.40 bits per heavy atom. The lowest BCUT2D eigenvalue weighted by Crippen LogP contribution is -2.30. The van der Waals surface area contributed by atoms with Crippen LogP contribution in [0.15, 0.2) is 29.2 Å². The van der Waals surface area contributed by atoms with Crippen LogP contribution in [0.4, 0.5) is 0 Å². The number of hydrogen-bond donors (Lipinski definition) is 1. The van der Waals surface area contributed by atoms with E-state index < -0.39 is 19.9 Å². The smallest absolute Gasteiger partial charge is 0.229 e. The first-order valence-corrected chi connectivity index (χ1v) is 9.33. The highest BCUT2D eigenvalue weighted by Gasteiger charge is 2.29. The third-order valence-electron chi connectivity index (χ3n) is 3.16. The Kier molecular flexibility index (Phi) is 4.13. The van der Waals surface area contributed by atoms with Gasteiger partial charge in [0.25, 0.3) is 0 Å². The van der Waals surface area contributed by atoms with Crippen LogP contribution in [0.1, 0.15) is 12.0 Å². The number of nitriles is 1. The number of nitrogens with zero attached hydrogens (tertiary/aromatic N) is 1. The SMILES string of the molecule is N#Cc1cccc(S(=O)(=O)NCC2CCS(=O)(=O)C2)c1. The van der Waals surface area contributed by atoms with Gasteiger partial charge in [0.1, 0.15) is 0 Å². The Morgan fingerprint density at radius 2 is 2.15 bits per heavy atom. The van der Waals surface area contributed by atoms with Crippen molar-refractivity contribution in [2.24, 2.45) is 5.92 Å². The Hall–Kier alpha value is -1.43. The molecule has 1 unspecified atom stereocenters. The summed E-state index contributed by atoms with van der Waals surface area (Å²) < 4.78 is 49.1. The molecule has 0 aromatic heterocycles. The van der Waals surface area contributed by atoms with Crippen molar-refractivity contribution in [1.82, 2.24) is 4.72 Å². The van der Waals surface area contributed by atoms with Crippen LogP contribution in [-0.2, 0) is 19.9 Å². The minimum Gasteiger partial charge on any atom is -0.229 e. The van der Waals surface area contributed by atoms with Gasteiger partial charge in [-0.1, -0.05) is 6.07 Å². The molecule has 108 valence electrons. The highest BCUT2D eigenvalue weighted by Crippen LogP contribution is 2.18. The number of benzene rings is 1. The quantitative estimate of drug-likeness (QED) is 0.859. The van der Waals surface area contributed by atoms with Crippen LogP contribution in [-0.4, -0.2) is 34.9 Å². The summed E-state index contributed by atoms with van der Waals surface area (Å²) >= 11 is 0. The molecule has 1 aromatic rings. The zero-order chi connectivity index (χ0) is 14.8. The maximum atomic E-state index is 12.0. The Bertz CT molecular complexity index is 748. The second kappa shape index (κ2) is 5.52. The van der Waals surface area contributed by atoms with E-state index in [0.29, 0.717) is 6.42 Å².